The topological polar surface area (TPSA) is 68.5 Å². The maximum atomic E-state index is 11.5. The van der Waals surface area contributed by atoms with Gasteiger partial charge in [-0.15, -0.1) is 11.8 Å². The minimum atomic E-state index is -0.639. The molecule has 116 valence electrons. The molecule has 22 heavy (non-hydrogen) atoms. The molecule has 1 amide bonds. The van der Waals surface area contributed by atoms with Gasteiger partial charge in [0.25, 0.3) is 5.91 Å². The molecule has 0 unspecified atom stereocenters. The standard InChI is InChI=1S/C16H17NO4S/c18-15(12-21-16(19)14-8-4-10-20-14)17-9-5-11-22-13-6-2-1-3-7-13/h1-4,6-8,10H,5,9,11-12H2,(H,17,18). The first kappa shape index (κ1) is 16.2. The highest BCUT2D eigenvalue weighted by molar-refractivity contribution is 7.99. The lowest BCUT2D eigenvalue weighted by Gasteiger charge is -2.05. The van der Waals surface area contributed by atoms with Crippen LogP contribution in [0.5, 0.6) is 0 Å². The number of thioether (sulfide) groups is 1. The van der Waals surface area contributed by atoms with Crippen LogP contribution in [-0.4, -0.2) is 30.8 Å². The number of hydrogen-bond acceptors (Lipinski definition) is 5. The second-order valence-electron chi connectivity index (χ2n) is 4.42. The number of benzene rings is 1. The molecular weight excluding hydrogens is 302 g/mol. The van der Waals surface area contributed by atoms with Gasteiger partial charge in [-0.25, -0.2) is 4.79 Å². The fourth-order valence-corrected chi connectivity index (χ4v) is 2.53. The summed E-state index contributed by atoms with van der Waals surface area (Å²) in [7, 11) is 0. The minimum absolute atomic E-state index is 0.0899. The Hall–Kier alpha value is -2.21. The van der Waals surface area contributed by atoms with Gasteiger partial charge in [0.05, 0.1) is 6.26 Å². The van der Waals surface area contributed by atoms with Crippen LogP contribution in [0.2, 0.25) is 0 Å². The first-order valence-electron chi connectivity index (χ1n) is 6.91. The Bertz CT molecular complexity index is 583. The van der Waals surface area contributed by atoms with E-state index in [2.05, 4.69) is 17.4 Å². The van der Waals surface area contributed by atoms with E-state index in [1.807, 2.05) is 18.2 Å². The number of esters is 1. The Labute approximate surface area is 133 Å². The van der Waals surface area contributed by atoms with Crippen LogP contribution in [0.15, 0.2) is 58.0 Å². The fraction of sp³-hybridized carbons (Fsp3) is 0.250. The van der Waals surface area contributed by atoms with Crippen molar-refractivity contribution in [2.45, 2.75) is 11.3 Å². The smallest absolute Gasteiger partial charge is 0.374 e. The van der Waals surface area contributed by atoms with E-state index in [1.165, 1.54) is 17.2 Å². The molecule has 0 spiro atoms. The lowest BCUT2D eigenvalue weighted by molar-refractivity contribution is -0.124. The normalized spacial score (nSPS) is 10.2. The monoisotopic (exact) mass is 319 g/mol. The van der Waals surface area contributed by atoms with Gasteiger partial charge >= 0.3 is 5.97 Å². The summed E-state index contributed by atoms with van der Waals surface area (Å²) in [5.74, 6) is 0.0488. The van der Waals surface area contributed by atoms with Gasteiger partial charge in [-0.3, -0.25) is 4.79 Å². The summed E-state index contributed by atoms with van der Waals surface area (Å²) in [6, 6.07) is 13.2. The fourth-order valence-electron chi connectivity index (χ4n) is 1.65. The molecule has 0 aliphatic rings. The van der Waals surface area contributed by atoms with E-state index >= 15 is 0 Å². The quantitative estimate of drug-likeness (QED) is 0.460. The van der Waals surface area contributed by atoms with Crippen molar-refractivity contribution >= 4 is 23.6 Å². The summed E-state index contributed by atoms with van der Waals surface area (Å²) >= 11 is 1.74. The zero-order valence-electron chi connectivity index (χ0n) is 12.0. The van der Waals surface area contributed by atoms with Gasteiger partial charge in [0.2, 0.25) is 5.76 Å². The van der Waals surface area contributed by atoms with Crippen molar-refractivity contribution in [3.8, 4) is 0 Å². The van der Waals surface area contributed by atoms with Gasteiger partial charge in [0.1, 0.15) is 0 Å². The van der Waals surface area contributed by atoms with Crippen LogP contribution < -0.4 is 5.32 Å². The molecule has 0 saturated heterocycles. The zero-order chi connectivity index (χ0) is 15.6. The third-order valence-corrected chi connectivity index (χ3v) is 3.81. The molecule has 1 aromatic heterocycles. The largest absolute Gasteiger partial charge is 0.457 e. The van der Waals surface area contributed by atoms with E-state index < -0.39 is 5.97 Å². The first-order valence-corrected chi connectivity index (χ1v) is 7.89. The molecule has 5 nitrogen and oxygen atoms in total. The van der Waals surface area contributed by atoms with Gasteiger partial charge in [0.15, 0.2) is 6.61 Å². The van der Waals surface area contributed by atoms with Crippen LogP contribution in [0.3, 0.4) is 0 Å². The predicted octanol–water partition coefficient (Wildman–Crippen LogP) is 2.74. The van der Waals surface area contributed by atoms with Crippen LogP contribution in [-0.2, 0) is 9.53 Å². The third kappa shape index (κ3) is 5.65. The van der Waals surface area contributed by atoms with E-state index in [-0.39, 0.29) is 18.3 Å². The summed E-state index contributed by atoms with van der Waals surface area (Å²) in [6.07, 6.45) is 2.22. The van der Waals surface area contributed by atoms with Gasteiger partial charge in [-0.2, -0.15) is 0 Å². The van der Waals surface area contributed by atoms with Gasteiger partial charge < -0.3 is 14.5 Å². The third-order valence-electron chi connectivity index (χ3n) is 2.71. The van der Waals surface area contributed by atoms with Crippen LogP contribution in [0, 0.1) is 0 Å². The Morgan fingerprint density at radius 1 is 1.14 bits per heavy atom. The summed E-state index contributed by atoms with van der Waals surface area (Å²) < 4.78 is 9.70. The lowest BCUT2D eigenvalue weighted by atomic mass is 10.4. The molecular formula is C16H17NO4S. The van der Waals surface area contributed by atoms with Crippen molar-refractivity contribution < 1.29 is 18.7 Å². The predicted molar refractivity (Wildman–Crippen MR) is 83.8 cm³/mol. The Morgan fingerprint density at radius 2 is 1.95 bits per heavy atom. The van der Waals surface area contributed by atoms with Crippen molar-refractivity contribution in [1.82, 2.24) is 5.32 Å². The van der Waals surface area contributed by atoms with Crippen LogP contribution in [0.25, 0.3) is 0 Å². The molecule has 6 heteroatoms. The van der Waals surface area contributed by atoms with Gasteiger partial charge in [-0.05, 0) is 36.4 Å². The molecule has 0 saturated carbocycles. The van der Waals surface area contributed by atoms with E-state index in [1.54, 1.807) is 17.8 Å². The molecule has 0 bridgehead atoms. The molecule has 0 radical (unpaired) electrons. The summed E-state index contributed by atoms with van der Waals surface area (Å²) in [6.45, 7) is 0.252. The van der Waals surface area contributed by atoms with Crippen molar-refractivity contribution in [3.63, 3.8) is 0 Å². The van der Waals surface area contributed by atoms with Gasteiger partial charge in [0, 0.05) is 11.4 Å². The van der Waals surface area contributed by atoms with E-state index in [4.69, 9.17) is 9.15 Å². The van der Waals surface area contributed by atoms with E-state index in [0.717, 1.165) is 12.2 Å². The Balaban J connectivity index is 1.53. The molecule has 1 heterocycles. The Morgan fingerprint density at radius 3 is 2.68 bits per heavy atom. The van der Waals surface area contributed by atoms with E-state index in [0.29, 0.717) is 6.54 Å². The Kier molecular flexibility index (Phi) is 6.57. The number of carbonyl (C=O) groups excluding carboxylic acids is 2. The van der Waals surface area contributed by atoms with Crippen molar-refractivity contribution in [1.29, 1.82) is 0 Å². The summed E-state index contributed by atoms with van der Waals surface area (Å²) in [5.41, 5.74) is 0. The molecule has 1 aromatic carbocycles. The number of ether oxygens (including phenoxy) is 1. The number of nitrogens with one attached hydrogen (secondary N) is 1. The minimum Gasteiger partial charge on any atom is -0.457 e. The highest BCUT2D eigenvalue weighted by atomic mass is 32.2. The molecule has 0 aliphatic heterocycles. The average molecular weight is 319 g/mol. The highest BCUT2D eigenvalue weighted by Gasteiger charge is 2.11. The molecule has 2 rings (SSSR count). The SMILES string of the molecule is O=C(COC(=O)c1ccco1)NCCCSc1ccccc1. The second kappa shape index (κ2) is 8.94. The molecule has 1 N–H and O–H groups in total. The van der Waals surface area contributed by atoms with Crippen molar-refractivity contribution in [3.05, 3.63) is 54.5 Å². The van der Waals surface area contributed by atoms with Crippen LogP contribution in [0.1, 0.15) is 17.0 Å². The molecule has 0 fully saturated rings. The number of hydrogen-bond donors (Lipinski definition) is 1. The molecule has 0 atom stereocenters. The zero-order valence-corrected chi connectivity index (χ0v) is 12.8. The maximum absolute atomic E-state index is 11.5. The average Bonchev–Trinajstić information content (AvgIpc) is 3.08. The number of carbonyl (C=O) groups is 2. The highest BCUT2D eigenvalue weighted by Crippen LogP contribution is 2.17. The number of rotatable bonds is 8. The molecule has 0 aliphatic carbocycles. The van der Waals surface area contributed by atoms with Crippen LogP contribution in [0.4, 0.5) is 0 Å². The summed E-state index contributed by atoms with van der Waals surface area (Å²) in [5, 5.41) is 2.71. The van der Waals surface area contributed by atoms with Crippen molar-refractivity contribution in [2.75, 3.05) is 18.9 Å². The van der Waals surface area contributed by atoms with Crippen molar-refractivity contribution in [2.24, 2.45) is 0 Å². The van der Waals surface area contributed by atoms with Gasteiger partial charge in [-0.1, -0.05) is 18.2 Å². The van der Waals surface area contributed by atoms with Crippen LogP contribution >= 0.6 is 11.8 Å². The maximum Gasteiger partial charge on any atom is 0.374 e. The number of amides is 1. The first-order chi connectivity index (χ1) is 10.8. The number of furan rings is 1. The van der Waals surface area contributed by atoms with E-state index in [9.17, 15) is 9.59 Å². The molecule has 2 aromatic rings. The second-order valence-corrected chi connectivity index (χ2v) is 5.59. The lowest BCUT2D eigenvalue weighted by Crippen LogP contribution is -2.29. The summed E-state index contributed by atoms with van der Waals surface area (Å²) in [4.78, 5) is 24.2.